The number of nitrogens with one attached hydrogen (secondary N) is 1. The second-order valence-corrected chi connectivity index (χ2v) is 10.2. The maximum absolute atomic E-state index is 13.5. The van der Waals surface area contributed by atoms with Crippen LogP contribution in [-0.2, 0) is 11.2 Å². The molecule has 33 heavy (non-hydrogen) atoms. The lowest BCUT2D eigenvalue weighted by Gasteiger charge is -2.37. The summed E-state index contributed by atoms with van der Waals surface area (Å²) < 4.78 is 6.05. The van der Waals surface area contributed by atoms with Gasteiger partial charge in [-0.15, -0.1) is 11.3 Å². The van der Waals surface area contributed by atoms with Crippen LogP contribution in [0.3, 0.4) is 0 Å². The van der Waals surface area contributed by atoms with Crippen molar-refractivity contribution in [3.8, 4) is 5.75 Å². The number of amides is 3. The van der Waals surface area contributed by atoms with Crippen LogP contribution in [0.25, 0.3) is 0 Å². The molecule has 1 aromatic heterocycles. The fourth-order valence-electron chi connectivity index (χ4n) is 3.84. The summed E-state index contributed by atoms with van der Waals surface area (Å²) >= 11 is 7.70. The molecule has 1 aromatic carbocycles. The highest BCUT2D eigenvalue weighted by Crippen LogP contribution is 2.34. The Morgan fingerprint density at radius 2 is 2.03 bits per heavy atom. The van der Waals surface area contributed by atoms with Crippen LogP contribution in [0.15, 0.2) is 35.7 Å². The van der Waals surface area contributed by atoms with Crippen LogP contribution in [0.5, 0.6) is 5.75 Å². The minimum absolute atomic E-state index is 0.0491. The summed E-state index contributed by atoms with van der Waals surface area (Å²) in [6, 6.07) is 8.97. The summed E-state index contributed by atoms with van der Waals surface area (Å²) in [5.41, 5.74) is 1.14. The molecule has 1 atom stereocenters. The van der Waals surface area contributed by atoms with E-state index in [1.165, 1.54) is 4.88 Å². The first-order valence-electron chi connectivity index (χ1n) is 11.7. The average molecular weight is 492 g/mol. The van der Waals surface area contributed by atoms with Crippen molar-refractivity contribution in [1.82, 2.24) is 15.1 Å². The number of fused-ring (bicyclic) bond motifs is 1. The molecule has 0 bridgehead atoms. The molecule has 0 spiro atoms. The van der Waals surface area contributed by atoms with E-state index in [1.54, 1.807) is 28.4 Å². The van der Waals surface area contributed by atoms with Gasteiger partial charge in [0.1, 0.15) is 18.9 Å². The van der Waals surface area contributed by atoms with Crippen LogP contribution < -0.4 is 10.1 Å². The van der Waals surface area contributed by atoms with E-state index in [1.807, 2.05) is 24.0 Å². The largest absolute Gasteiger partial charge is 0.491 e. The SMILES string of the molecule is CCCNC(=O)N(CCC(C)C)CC(=O)N1CCc2sccc2[C@H]1COc1ccc(Cl)cc1. The minimum Gasteiger partial charge on any atom is -0.491 e. The molecule has 2 aromatic rings. The molecule has 0 saturated carbocycles. The molecule has 3 amide bonds. The number of hydrogen-bond donors (Lipinski definition) is 1. The van der Waals surface area contributed by atoms with Crippen molar-refractivity contribution < 1.29 is 14.3 Å². The monoisotopic (exact) mass is 491 g/mol. The Morgan fingerprint density at radius 3 is 2.73 bits per heavy atom. The van der Waals surface area contributed by atoms with Crippen molar-refractivity contribution in [1.29, 1.82) is 0 Å². The van der Waals surface area contributed by atoms with E-state index in [0.717, 1.165) is 24.8 Å². The van der Waals surface area contributed by atoms with Crippen molar-refractivity contribution >= 4 is 34.9 Å². The zero-order chi connectivity index (χ0) is 23.8. The van der Waals surface area contributed by atoms with Crippen LogP contribution in [0, 0.1) is 5.92 Å². The van der Waals surface area contributed by atoms with Gasteiger partial charge in [-0.2, -0.15) is 0 Å². The maximum Gasteiger partial charge on any atom is 0.317 e. The molecule has 1 aliphatic rings. The molecule has 0 unspecified atom stereocenters. The summed E-state index contributed by atoms with van der Waals surface area (Å²) in [7, 11) is 0. The second-order valence-electron chi connectivity index (χ2n) is 8.75. The van der Waals surface area contributed by atoms with Crippen LogP contribution >= 0.6 is 22.9 Å². The summed E-state index contributed by atoms with van der Waals surface area (Å²) in [5, 5.41) is 5.64. The Kier molecular flexibility index (Phi) is 9.44. The third-order valence-corrected chi connectivity index (χ3v) is 7.00. The van der Waals surface area contributed by atoms with Crippen molar-refractivity contribution in [3.05, 3.63) is 51.2 Å². The maximum atomic E-state index is 13.5. The van der Waals surface area contributed by atoms with E-state index in [0.29, 0.717) is 42.9 Å². The summed E-state index contributed by atoms with van der Waals surface area (Å²) in [6.45, 7) is 8.46. The van der Waals surface area contributed by atoms with Gasteiger partial charge in [0.2, 0.25) is 5.91 Å². The lowest BCUT2D eigenvalue weighted by atomic mass is 10.0. The van der Waals surface area contributed by atoms with Crippen LogP contribution in [0.2, 0.25) is 5.02 Å². The number of hydrogen-bond acceptors (Lipinski definition) is 4. The van der Waals surface area contributed by atoms with E-state index >= 15 is 0 Å². The highest BCUT2D eigenvalue weighted by molar-refractivity contribution is 7.10. The van der Waals surface area contributed by atoms with Crippen LogP contribution in [-0.4, -0.2) is 54.5 Å². The zero-order valence-electron chi connectivity index (χ0n) is 19.7. The number of ether oxygens (including phenoxy) is 1. The van der Waals surface area contributed by atoms with E-state index < -0.39 is 0 Å². The molecule has 180 valence electrons. The molecule has 1 N–H and O–H groups in total. The molecule has 3 rings (SSSR count). The molecule has 6 nitrogen and oxygen atoms in total. The predicted octanol–water partition coefficient (Wildman–Crippen LogP) is 5.37. The van der Waals surface area contributed by atoms with Gasteiger partial charge in [-0.3, -0.25) is 4.79 Å². The normalized spacial score (nSPS) is 15.3. The molecule has 0 radical (unpaired) electrons. The fourth-order valence-corrected chi connectivity index (χ4v) is 4.90. The van der Waals surface area contributed by atoms with Crippen molar-refractivity contribution in [2.45, 2.75) is 46.1 Å². The van der Waals surface area contributed by atoms with E-state index in [4.69, 9.17) is 16.3 Å². The van der Waals surface area contributed by atoms with E-state index in [-0.39, 0.29) is 24.5 Å². The van der Waals surface area contributed by atoms with E-state index in [9.17, 15) is 9.59 Å². The van der Waals surface area contributed by atoms with Crippen molar-refractivity contribution in [2.75, 3.05) is 32.8 Å². The number of carbonyl (C=O) groups excluding carboxylic acids is 2. The number of nitrogens with zero attached hydrogens (tertiary/aromatic N) is 2. The van der Waals surface area contributed by atoms with Gasteiger partial charge in [0.15, 0.2) is 0 Å². The van der Waals surface area contributed by atoms with Gasteiger partial charge >= 0.3 is 6.03 Å². The standard InChI is InChI=1S/C25H34ClN3O3S/c1-4-12-27-25(31)28(13-9-18(2)3)16-24(30)29-14-10-23-21(11-15-33-23)22(29)17-32-20-7-5-19(26)6-8-20/h5-8,11,15,18,22H,4,9-10,12-14,16-17H2,1-3H3,(H,27,31)/t22-/m1/s1. The first-order valence-corrected chi connectivity index (χ1v) is 12.9. The molecular formula is C25H34ClN3O3S. The van der Waals surface area contributed by atoms with Gasteiger partial charge < -0.3 is 19.9 Å². The smallest absolute Gasteiger partial charge is 0.317 e. The number of rotatable bonds is 10. The number of thiophene rings is 1. The minimum atomic E-state index is -0.186. The molecule has 0 fully saturated rings. The molecule has 8 heteroatoms. The average Bonchev–Trinajstić information content (AvgIpc) is 3.28. The Labute approximate surface area is 205 Å². The Hall–Kier alpha value is -2.25. The zero-order valence-corrected chi connectivity index (χ0v) is 21.3. The Balaban J connectivity index is 1.73. The molecule has 1 aliphatic heterocycles. The fraction of sp³-hybridized carbons (Fsp3) is 0.520. The summed E-state index contributed by atoms with van der Waals surface area (Å²) in [4.78, 5) is 31.0. The molecule has 2 heterocycles. The first kappa shape index (κ1) is 25.4. The van der Waals surface area contributed by atoms with Gasteiger partial charge in [0, 0.05) is 29.5 Å². The quantitative estimate of drug-likeness (QED) is 0.485. The molecular weight excluding hydrogens is 458 g/mol. The number of carbonyl (C=O) groups is 2. The number of urea groups is 1. The third-order valence-electron chi connectivity index (χ3n) is 5.75. The second kappa shape index (κ2) is 12.3. The predicted molar refractivity (Wildman–Crippen MR) is 134 cm³/mol. The van der Waals surface area contributed by atoms with Gasteiger partial charge in [-0.25, -0.2) is 4.79 Å². The highest BCUT2D eigenvalue weighted by atomic mass is 35.5. The van der Waals surface area contributed by atoms with Gasteiger partial charge in [-0.05, 0) is 66.5 Å². The number of halogens is 1. The van der Waals surface area contributed by atoms with Crippen LogP contribution in [0.1, 0.15) is 50.1 Å². The van der Waals surface area contributed by atoms with Crippen LogP contribution in [0.4, 0.5) is 4.79 Å². The molecule has 0 saturated heterocycles. The number of benzene rings is 1. The van der Waals surface area contributed by atoms with Crippen molar-refractivity contribution in [3.63, 3.8) is 0 Å². The lowest BCUT2D eigenvalue weighted by Crippen LogP contribution is -2.50. The topological polar surface area (TPSA) is 61.9 Å². The third kappa shape index (κ3) is 7.11. The Bertz CT molecular complexity index is 916. The summed E-state index contributed by atoms with van der Waals surface area (Å²) in [6.07, 6.45) is 2.53. The van der Waals surface area contributed by atoms with Gasteiger partial charge in [0.05, 0.1) is 6.04 Å². The Morgan fingerprint density at radius 1 is 1.27 bits per heavy atom. The highest BCUT2D eigenvalue weighted by Gasteiger charge is 2.33. The first-order chi connectivity index (χ1) is 15.9. The lowest BCUT2D eigenvalue weighted by molar-refractivity contribution is -0.135. The van der Waals surface area contributed by atoms with Gasteiger partial charge in [0.25, 0.3) is 0 Å². The van der Waals surface area contributed by atoms with Crippen molar-refractivity contribution in [2.24, 2.45) is 5.92 Å². The molecule has 0 aliphatic carbocycles. The van der Waals surface area contributed by atoms with E-state index in [2.05, 4.69) is 30.6 Å². The van der Waals surface area contributed by atoms with Gasteiger partial charge in [-0.1, -0.05) is 32.4 Å². The summed E-state index contributed by atoms with van der Waals surface area (Å²) in [5.74, 6) is 1.11.